The SMILES string of the molecule is Cc1ccc(S(=O)[C@@H]2CCCCCC[C@H]2Cl)cc1. The second kappa shape index (κ2) is 6.72. The molecule has 1 aliphatic carbocycles. The monoisotopic (exact) mass is 284 g/mol. The van der Waals surface area contributed by atoms with E-state index in [1.165, 1.54) is 24.8 Å². The maximum absolute atomic E-state index is 12.6. The predicted molar refractivity (Wildman–Crippen MR) is 78.7 cm³/mol. The van der Waals surface area contributed by atoms with Gasteiger partial charge in [-0.25, -0.2) is 0 Å². The van der Waals surface area contributed by atoms with Crippen molar-refractivity contribution in [2.75, 3.05) is 0 Å². The van der Waals surface area contributed by atoms with Crippen LogP contribution >= 0.6 is 11.6 Å². The Morgan fingerprint density at radius 2 is 1.67 bits per heavy atom. The Labute approximate surface area is 117 Å². The third kappa shape index (κ3) is 3.58. The quantitative estimate of drug-likeness (QED) is 0.734. The normalized spacial score (nSPS) is 27.2. The summed E-state index contributed by atoms with van der Waals surface area (Å²) in [5, 5.41) is 0.183. The summed E-state index contributed by atoms with van der Waals surface area (Å²) in [6, 6.07) is 8.01. The van der Waals surface area contributed by atoms with E-state index in [4.69, 9.17) is 11.6 Å². The van der Waals surface area contributed by atoms with Gasteiger partial charge in [-0.2, -0.15) is 0 Å². The Morgan fingerprint density at radius 3 is 2.33 bits per heavy atom. The molecule has 100 valence electrons. The van der Waals surface area contributed by atoms with E-state index in [9.17, 15) is 4.21 Å². The van der Waals surface area contributed by atoms with E-state index in [2.05, 4.69) is 0 Å². The number of alkyl halides is 1. The molecule has 0 bridgehead atoms. The maximum atomic E-state index is 12.6. The minimum absolute atomic E-state index is 0.0624. The zero-order chi connectivity index (χ0) is 13.0. The van der Waals surface area contributed by atoms with Gasteiger partial charge in [-0.15, -0.1) is 11.6 Å². The number of hydrogen-bond donors (Lipinski definition) is 0. The first-order chi connectivity index (χ1) is 8.68. The molecule has 1 unspecified atom stereocenters. The van der Waals surface area contributed by atoms with Crippen LogP contribution < -0.4 is 0 Å². The number of rotatable bonds is 2. The summed E-state index contributed by atoms with van der Waals surface area (Å²) in [5.74, 6) is 0. The lowest BCUT2D eigenvalue weighted by atomic mass is 10.0. The highest BCUT2D eigenvalue weighted by atomic mass is 35.5. The summed E-state index contributed by atoms with van der Waals surface area (Å²) in [5.41, 5.74) is 1.20. The molecule has 18 heavy (non-hydrogen) atoms. The lowest BCUT2D eigenvalue weighted by Crippen LogP contribution is -2.27. The van der Waals surface area contributed by atoms with E-state index in [1.54, 1.807) is 0 Å². The molecule has 0 saturated heterocycles. The molecule has 1 saturated carbocycles. The number of aryl methyl sites for hydroxylation is 1. The molecule has 3 atom stereocenters. The summed E-state index contributed by atoms with van der Waals surface area (Å²) in [6.07, 6.45) is 6.86. The molecule has 1 nitrogen and oxygen atoms in total. The first kappa shape index (κ1) is 14.1. The van der Waals surface area contributed by atoms with Crippen molar-refractivity contribution in [3.8, 4) is 0 Å². The molecular weight excluding hydrogens is 264 g/mol. The third-order valence-electron chi connectivity index (χ3n) is 3.65. The highest BCUT2D eigenvalue weighted by Gasteiger charge is 2.27. The molecule has 1 fully saturated rings. The van der Waals surface area contributed by atoms with Crippen LogP contribution in [0.2, 0.25) is 0 Å². The van der Waals surface area contributed by atoms with Gasteiger partial charge in [0.05, 0.1) is 16.0 Å². The van der Waals surface area contributed by atoms with Crippen molar-refractivity contribution in [2.24, 2.45) is 0 Å². The first-order valence-corrected chi connectivity index (χ1v) is 8.45. The van der Waals surface area contributed by atoms with E-state index in [1.807, 2.05) is 31.2 Å². The lowest BCUT2D eigenvalue weighted by Gasteiger charge is -2.24. The summed E-state index contributed by atoms with van der Waals surface area (Å²) in [6.45, 7) is 2.05. The van der Waals surface area contributed by atoms with Crippen molar-refractivity contribution >= 4 is 22.4 Å². The molecule has 0 aromatic heterocycles. The maximum Gasteiger partial charge on any atom is 0.0575 e. The van der Waals surface area contributed by atoms with Gasteiger partial charge in [0.1, 0.15) is 0 Å². The highest BCUT2D eigenvalue weighted by molar-refractivity contribution is 7.85. The van der Waals surface area contributed by atoms with Crippen LogP contribution in [0.1, 0.15) is 44.1 Å². The Balaban J connectivity index is 2.12. The van der Waals surface area contributed by atoms with Gasteiger partial charge in [-0.1, -0.05) is 43.4 Å². The van der Waals surface area contributed by atoms with Crippen LogP contribution in [-0.4, -0.2) is 14.8 Å². The molecule has 1 aliphatic rings. The average Bonchev–Trinajstić information content (AvgIpc) is 2.35. The molecule has 0 heterocycles. The molecule has 0 N–H and O–H groups in total. The van der Waals surface area contributed by atoms with Crippen LogP contribution in [0.25, 0.3) is 0 Å². The fourth-order valence-corrected chi connectivity index (χ4v) is 4.59. The van der Waals surface area contributed by atoms with E-state index < -0.39 is 10.8 Å². The summed E-state index contributed by atoms with van der Waals surface area (Å²) < 4.78 is 12.6. The second-order valence-electron chi connectivity index (χ2n) is 5.16. The summed E-state index contributed by atoms with van der Waals surface area (Å²) in [4.78, 5) is 0.928. The minimum atomic E-state index is -0.959. The van der Waals surface area contributed by atoms with Gasteiger partial charge in [-0.3, -0.25) is 4.21 Å². The fourth-order valence-electron chi connectivity index (χ4n) is 2.49. The molecule has 0 amide bonds. The summed E-state index contributed by atoms with van der Waals surface area (Å²) in [7, 11) is -0.959. The van der Waals surface area contributed by atoms with Crippen LogP contribution in [0, 0.1) is 6.92 Å². The smallest absolute Gasteiger partial charge is 0.0575 e. The van der Waals surface area contributed by atoms with Gasteiger partial charge in [-0.05, 0) is 31.9 Å². The molecule has 1 aromatic rings. The zero-order valence-corrected chi connectivity index (χ0v) is 12.5. The molecular formula is C15H21ClOS. The number of hydrogen-bond acceptors (Lipinski definition) is 1. The third-order valence-corrected chi connectivity index (χ3v) is 6.17. The van der Waals surface area contributed by atoms with Crippen molar-refractivity contribution in [3.63, 3.8) is 0 Å². The van der Waals surface area contributed by atoms with Crippen LogP contribution in [0.4, 0.5) is 0 Å². The Kier molecular flexibility index (Phi) is 5.25. The van der Waals surface area contributed by atoms with Gasteiger partial charge in [0.15, 0.2) is 0 Å². The van der Waals surface area contributed by atoms with Gasteiger partial charge in [0, 0.05) is 10.3 Å². The molecule has 3 heteroatoms. The van der Waals surface area contributed by atoms with Crippen LogP contribution in [-0.2, 0) is 10.8 Å². The Hall–Kier alpha value is -0.340. The van der Waals surface area contributed by atoms with Crippen LogP contribution in [0.15, 0.2) is 29.2 Å². The van der Waals surface area contributed by atoms with Crippen LogP contribution in [0.3, 0.4) is 0 Å². The number of benzene rings is 1. The Bertz CT molecular complexity index is 401. The zero-order valence-electron chi connectivity index (χ0n) is 10.9. The van der Waals surface area contributed by atoms with Crippen molar-refractivity contribution in [3.05, 3.63) is 29.8 Å². The van der Waals surface area contributed by atoms with Crippen LogP contribution in [0.5, 0.6) is 0 Å². The van der Waals surface area contributed by atoms with E-state index in [-0.39, 0.29) is 10.6 Å². The van der Waals surface area contributed by atoms with E-state index in [0.29, 0.717) is 0 Å². The highest BCUT2D eigenvalue weighted by Crippen LogP contribution is 2.28. The standard InChI is InChI=1S/C15H21ClOS/c1-12-8-10-13(11-9-12)18(17)15-7-5-3-2-4-6-14(15)16/h8-11,14-15H,2-7H2,1H3/t14-,15-,18?/m1/s1. The molecule has 1 aromatic carbocycles. The molecule has 0 aliphatic heterocycles. The predicted octanol–water partition coefficient (Wildman–Crippen LogP) is 4.43. The molecule has 2 rings (SSSR count). The topological polar surface area (TPSA) is 17.1 Å². The van der Waals surface area contributed by atoms with E-state index in [0.717, 1.165) is 24.2 Å². The minimum Gasteiger partial charge on any atom is -0.254 e. The summed E-state index contributed by atoms with van der Waals surface area (Å²) >= 11 is 6.44. The molecule has 0 radical (unpaired) electrons. The lowest BCUT2D eigenvalue weighted by molar-refractivity contribution is 0.509. The van der Waals surface area contributed by atoms with Crippen molar-refractivity contribution in [1.29, 1.82) is 0 Å². The largest absolute Gasteiger partial charge is 0.254 e. The first-order valence-electron chi connectivity index (χ1n) is 6.80. The van der Waals surface area contributed by atoms with Crippen molar-refractivity contribution in [2.45, 2.75) is 61.0 Å². The van der Waals surface area contributed by atoms with Gasteiger partial charge in [0.2, 0.25) is 0 Å². The average molecular weight is 285 g/mol. The van der Waals surface area contributed by atoms with Crippen molar-refractivity contribution < 1.29 is 4.21 Å². The second-order valence-corrected chi connectivity index (χ2v) is 7.39. The van der Waals surface area contributed by atoms with Gasteiger partial charge >= 0.3 is 0 Å². The van der Waals surface area contributed by atoms with E-state index >= 15 is 0 Å². The number of halogens is 1. The van der Waals surface area contributed by atoms with Gasteiger partial charge in [0.25, 0.3) is 0 Å². The molecule has 0 spiro atoms. The van der Waals surface area contributed by atoms with Gasteiger partial charge < -0.3 is 0 Å². The van der Waals surface area contributed by atoms with Crippen molar-refractivity contribution in [1.82, 2.24) is 0 Å². The fraction of sp³-hybridized carbons (Fsp3) is 0.600. The Morgan fingerprint density at radius 1 is 1.06 bits per heavy atom.